The number of nitrogens with one attached hydrogen (secondary N) is 1. The SMILES string of the molecule is O=C(N[C@H](Cl)C(=O)c1ccccc1)c1ccc(Cl)cc1. The molecule has 3 nitrogen and oxygen atoms in total. The number of halogens is 2. The molecule has 0 fully saturated rings. The first-order valence-electron chi connectivity index (χ1n) is 5.87. The highest BCUT2D eigenvalue weighted by Gasteiger charge is 2.19. The fourth-order valence-electron chi connectivity index (χ4n) is 1.61. The Labute approximate surface area is 126 Å². The summed E-state index contributed by atoms with van der Waals surface area (Å²) >= 11 is 11.7. The number of hydrogen-bond acceptors (Lipinski definition) is 2. The van der Waals surface area contributed by atoms with Gasteiger partial charge in [-0.05, 0) is 24.3 Å². The molecule has 5 heteroatoms. The number of ketones is 1. The average Bonchev–Trinajstić information content (AvgIpc) is 2.48. The van der Waals surface area contributed by atoms with E-state index < -0.39 is 11.4 Å². The number of alkyl halides is 1. The molecule has 0 bridgehead atoms. The van der Waals surface area contributed by atoms with E-state index in [1.165, 1.54) is 0 Å². The summed E-state index contributed by atoms with van der Waals surface area (Å²) in [4.78, 5) is 23.9. The Bertz CT molecular complexity index is 612. The van der Waals surface area contributed by atoms with Crippen molar-refractivity contribution in [3.8, 4) is 0 Å². The summed E-state index contributed by atoms with van der Waals surface area (Å²) in [6.07, 6.45) is 0. The Morgan fingerprint density at radius 1 is 0.900 bits per heavy atom. The minimum absolute atomic E-state index is 0.352. The monoisotopic (exact) mass is 307 g/mol. The van der Waals surface area contributed by atoms with Crippen LogP contribution in [0.2, 0.25) is 5.02 Å². The van der Waals surface area contributed by atoms with Gasteiger partial charge in [0, 0.05) is 16.1 Å². The molecular formula is C15H11Cl2NO2. The van der Waals surface area contributed by atoms with Crippen LogP contribution in [-0.4, -0.2) is 17.2 Å². The minimum Gasteiger partial charge on any atom is -0.329 e. The fourth-order valence-corrected chi connectivity index (χ4v) is 1.97. The molecule has 0 saturated carbocycles. The molecule has 0 radical (unpaired) electrons. The van der Waals surface area contributed by atoms with Crippen LogP contribution in [0.5, 0.6) is 0 Å². The highest BCUT2D eigenvalue weighted by atomic mass is 35.5. The second kappa shape index (κ2) is 6.55. The van der Waals surface area contributed by atoms with Crippen LogP contribution in [0.4, 0.5) is 0 Å². The van der Waals surface area contributed by atoms with E-state index in [1.54, 1.807) is 54.6 Å². The topological polar surface area (TPSA) is 46.2 Å². The quantitative estimate of drug-likeness (QED) is 0.534. The Balaban J connectivity index is 2.04. The molecule has 0 aromatic heterocycles. The van der Waals surface area contributed by atoms with Crippen molar-refractivity contribution in [2.75, 3.05) is 0 Å². The molecule has 0 saturated heterocycles. The number of hydrogen-bond donors (Lipinski definition) is 1. The van der Waals surface area contributed by atoms with Crippen LogP contribution in [0.1, 0.15) is 20.7 Å². The molecule has 20 heavy (non-hydrogen) atoms. The van der Waals surface area contributed by atoms with Gasteiger partial charge >= 0.3 is 0 Å². The van der Waals surface area contributed by atoms with Gasteiger partial charge < -0.3 is 5.32 Å². The van der Waals surface area contributed by atoms with E-state index in [4.69, 9.17) is 23.2 Å². The van der Waals surface area contributed by atoms with E-state index in [-0.39, 0.29) is 5.78 Å². The van der Waals surface area contributed by atoms with Crippen molar-refractivity contribution in [2.45, 2.75) is 5.50 Å². The summed E-state index contributed by atoms with van der Waals surface area (Å²) in [6, 6.07) is 14.9. The molecule has 1 atom stereocenters. The molecule has 0 unspecified atom stereocenters. The first-order valence-corrected chi connectivity index (χ1v) is 6.69. The lowest BCUT2D eigenvalue weighted by Gasteiger charge is -2.11. The van der Waals surface area contributed by atoms with E-state index in [0.717, 1.165) is 0 Å². The lowest BCUT2D eigenvalue weighted by Crippen LogP contribution is -2.36. The zero-order valence-corrected chi connectivity index (χ0v) is 11.9. The van der Waals surface area contributed by atoms with Crippen molar-refractivity contribution in [3.05, 3.63) is 70.7 Å². The third-order valence-electron chi connectivity index (χ3n) is 2.65. The summed E-state index contributed by atoms with van der Waals surface area (Å²) in [7, 11) is 0. The Kier molecular flexibility index (Phi) is 4.77. The number of carbonyl (C=O) groups excluding carboxylic acids is 2. The first kappa shape index (κ1) is 14.6. The molecule has 2 aromatic carbocycles. The molecule has 1 amide bonds. The van der Waals surface area contributed by atoms with Gasteiger partial charge in [0.15, 0.2) is 11.3 Å². The lowest BCUT2D eigenvalue weighted by molar-refractivity contribution is 0.0889. The largest absolute Gasteiger partial charge is 0.329 e. The molecule has 102 valence electrons. The molecule has 0 heterocycles. The number of rotatable bonds is 4. The van der Waals surface area contributed by atoms with Crippen molar-refractivity contribution in [1.29, 1.82) is 0 Å². The van der Waals surface area contributed by atoms with Crippen LogP contribution < -0.4 is 5.32 Å². The Morgan fingerprint density at radius 2 is 1.50 bits per heavy atom. The van der Waals surface area contributed by atoms with Crippen LogP contribution in [0.25, 0.3) is 0 Å². The Morgan fingerprint density at radius 3 is 2.10 bits per heavy atom. The standard InChI is InChI=1S/C15H11Cl2NO2/c16-12-8-6-11(7-9-12)15(20)18-14(17)13(19)10-4-2-1-3-5-10/h1-9,14H,(H,18,20)/t14-/m0/s1. The van der Waals surface area contributed by atoms with Crippen molar-refractivity contribution in [2.24, 2.45) is 0 Å². The van der Waals surface area contributed by atoms with E-state index in [1.807, 2.05) is 0 Å². The predicted molar refractivity (Wildman–Crippen MR) is 79.3 cm³/mol. The minimum atomic E-state index is -1.11. The van der Waals surface area contributed by atoms with E-state index in [0.29, 0.717) is 16.1 Å². The number of Topliss-reactive ketones (excluding diaryl/α,β-unsaturated/α-hetero) is 1. The van der Waals surface area contributed by atoms with Crippen molar-refractivity contribution in [1.82, 2.24) is 5.32 Å². The smallest absolute Gasteiger partial charge is 0.252 e. The zero-order chi connectivity index (χ0) is 14.5. The van der Waals surface area contributed by atoms with Crippen LogP contribution in [0.3, 0.4) is 0 Å². The van der Waals surface area contributed by atoms with Gasteiger partial charge in [0.1, 0.15) is 0 Å². The maximum Gasteiger partial charge on any atom is 0.252 e. The van der Waals surface area contributed by atoms with E-state index in [9.17, 15) is 9.59 Å². The van der Waals surface area contributed by atoms with Gasteiger partial charge in [-0.3, -0.25) is 9.59 Å². The van der Waals surface area contributed by atoms with Crippen LogP contribution in [0.15, 0.2) is 54.6 Å². The van der Waals surface area contributed by atoms with E-state index in [2.05, 4.69) is 5.32 Å². The van der Waals surface area contributed by atoms with Crippen molar-refractivity contribution in [3.63, 3.8) is 0 Å². The van der Waals surface area contributed by atoms with Crippen LogP contribution in [-0.2, 0) is 0 Å². The molecule has 0 aliphatic heterocycles. The third-order valence-corrected chi connectivity index (χ3v) is 3.21. The predicted octanol–water partition coefficient (Wildman–Crippen LogP) is 3.52. The number of benzene rings is 2. The zero-order valence-electron chi connectivity index (χ0n) is 10.3. The summed E-state index contributed by atoms with van der Waals surface area (Å²) in [5.41, 5.74) is -0.273. The molecule has 2 aromatic rings. The van der Waals surface area contributed by atoms with Gasteiger partial charge in [0.2, 0.25) is 0 Å². The van der Waals surface area contributed by atoms with Crippen LogP contribution in [0, 0.1) is 0 Å². The third kappa shape index (κ3) is 3.59. The second-order valence-corrected chi connectivity index (χ2v) is 4.95. The van der Waals surface area contributed by atoms with Gasteiger partial charge in [0.25, 0.3) is 5.91 Å². The average molecular weight is 308 g/mol. The maximum atomic E-state index is 12.0. The van der Waals surface area contributed by atoms with Crippen molar-refractivity contribution < 1.29 is 9.59 Å². The van der Waals surface area contributed by atoms with Gasteiger partial charge in [0.05, 0.1) is 0 Å². The summed E-state index contributed by atoms with van der Waals surface area (Å²) in [5.74, 6) is -0.777. The molecule has 0 aliphatic carbocycles. The van der Waals surface area contributed by atoms with Crippen LogP contribution >= 0.6 is 23.2 Å². The highest BCUT2D eigenvalue weighted by Crippen LogP contribution is 2.11. The number of amides is 1. The second-order valence-electron chi connectivity index (χ2n) is 4.07. The molecule has 0 spiro atoms. The highest BCUT2D eigenvalue weighted by molar-refractivity contribution is 6.34. The number of carbonyl (C=O) groups is 2. The fraction of sp³-hybridized carbons (Fsp3) is 0.0667. The molecule has 0 aliphatic rings. The normalized spacial score (nSPS) is 11.7. The first-order chi connectivity index (χ1) is 9.58. The maximum absolute atomic E-state index is 12.0. The molecular weight excluding hydrogens is 297 g/mol. The lowest BCUT2D eigenvalue weighted by atomic mass is 10.1. The summed E-state index contributed by atoms with van der Waals surface area (Å²) in [6.45, 7) is 0. The van der Waals surface area contributed by atoms with Gasteiger partial charge in [-0.2, -0.15) is 0 Å². The summed E-state index contributed by atoms with van der Waals surface area (Å²) in [5, 5.41) is 2.98. The molecule has 1 N–H and O–H groups in total. The van der Waals surface area contributed by atoms with Crippen molar-refractivity contribution >= 4 is 34.9 Å². The Hall–Kier alpha value is -1.84. The molecule has 2 rings (SSSR count). The summed E-state index contributed by atoms with van der Waals surface area (Å²) < 4.78 is 0. The van der Waals surface area contributed by atoms with Gasteiger partial charge in [-0.1, -0.05) is 53.5 Å². The van der Waals surface area contributed by atoms with E-state index >= 15 is 0 Å². The van der Waals surface area contributed by atoms with Gasteiger partial charge in [-0.25, -0.2) is 0 Å². The van der Waals surface area contributed by atoms with Gasteiger partial charge in [-0.15, -0.1) is 0 Å².